The summed E-state index contributed by atoms with van der Waals surface area (Å²) in [5.74, 6) is -0.132. The van der Waals surface area contributed by atoms with Gasteiger partial charge in [0.25, 0.3) is 0 Å². The van der Waals surface area contributed by atoms with Crippen molar-refractivity contribution in [3.8, 4) is 0 Å². The summed E-state index contributed by atoms with van der Waals surface area (Å²) in [4.78, 5) is 25.2. The smallest absolute Gasteiger partial charge is 0.312 e. The van der Waals surface area contributed by atoms with Crippen molar-refractivity contribution < 1.29 is 14.7 Å². The molecule has 0 aliphatic carbocycles. The Morgan fingerprint density at radius 1 is 1.32 bits per heavy atom. The Bertz CT molecular complexity index is 295. The quantitative estimate of drug-likeness (QED) is 0.607. The molecule has 0 aromatic heterocycles. The average molecular weight is 273 g/mol. The van der Waals surface area contributed by atoms with Gasteiger partial charge in [-0.25, -0.2) is 4.79 Å². The summed E-state index contributed by atoms with van der Waals surface area (Å²) in [7, 11) is 0. The van der Waals surface area contributed by atoms with Crippen LogP contribution in [-0.2, 0) is 4.79 Å². The first-order chi connectivity index (χ1) is 8.84. The predicted octanol–water partition coefficient (Wildman–Crippen LogP) is 0.689. The number of aliphatic hydroxyl groups is 1. The summed E-state index contributed by atoms with van der Waals surface area (Å²) in [6, 6.07) is -1.28. The maximum Gasteiger partial charge on any atom is 0.312 e. The van der Waals surface area contributed by atoms with Crippen molar-refractivity contribution in [2.24, 2.45) is 11.7 Å². The van der Waals surface area contributed by atoms with E-state index in [-0.39, 0.29) is 24.5 Å². The molecule has 4 N–H and O–H groups in total. The molecule has 0 aromatic carbocycles. The second kappa shape index (κ2) is 8.74. The van der Waals surface area contributed by atoms with Crippen molar-refractivity contribution in [1.29, 1.82) is 0 Å². The van der Waals surface area contributed by atoms with Gasteiger partial charge in [-0.1, -0.05) is 20.3 Å². The highest BCUT2D eigenvalue weighted by Gasteiger charge is 2.30. The van der Waals surface area contributed by atoms with Crippen LogP contribution >= 0.6 is 0 Å². The Hall–Kier alpha value is -1.30. The molecule has 6 heteroatoms. The summed E-state index contributed by atoms with van der Waals surface area (Å²) in [5, 5.41) is 11.4. The second-order valence-electron chi connectivity index (χ2n) is 5.07. The zero-order valence-corrected chi connectivity index (χ0v) is 12.3. The Morgan fingerprint density at radius 3 is 2.26 bits per heavy atom. The van der Waals surface area contributed by atoms with Crippen LogP contribution in [0.3, 0.4) is 0 Å². The minimum absolute atomic E-state index is 0.00961. The minimum Gasteiger partial charge on any atom is -0.396 e. The Balaban J connectivity index is 4.94. The monoisotopic (exact) mass is 273 g/mol. The molecule has 0 aliphatic heterocycles. The molecule has 0 radical (unpaired) electrons. The van der Waals surface area contributed by atoms with Crippen LogP contribution in [0.5, 0.6) is 0 Å². The molecule has 2 unspecified atom stereocenters. The molecule has 0 heterocycles. The van der Waals surface area contributed by atoms with Gasteiger partial charge in [-0.05, 0) is 26.2 Å². The van der Waals surface area contributed by atoms with Crippen molar-refractivity contribution in [1.82, 2.24) is 10.2 Å². The third kappa shape index (κ3) is 5.92. The van der Waals surface area contributed by atoms with Crippen molar-refractivity contribution in [2.75, 3.05) is 13.2 Å². The van der Waals surface area contributed by atoms with Gasteiger partial charge in [0, 0.05) is 19.2 Å². The highest BCUT2D eigenvalue weighted by molar-refractivity contribution is 5.87. The van der Waals surface area contributed by atoms with E-state index in [0.29, 0.717) is 13.0 Å². The number of rotatable bonds is 8. The van der Waals surface area contributed by atoms with E-state index in [9.17, 15) is 9.59 Å². The Kier molecular flexibility index (Phi) is 8.14. The standard InChI is InChI=1S/C13H27N3O3/c1-5-10(4)11(15-13(14)19)12(18)16(9(2)3)7-6-8-17/h9-11,17H,5-8H2,1-4H3,(H3,14,15,19). The van der Waals surface area contributed by atoms with E-state index >= 15 is 0 Å². The largest absolute Gasteiger partial charge is 0.396 e. The highest BCUT2D eigenvalue weighted by Crippen LogP contribution is 2.13. The van der Waals surface area contributed by atoms with Crippen LogP contribution in [-0.4, -0.2) is 47.2 Å². The van der Waals surface area contributed by atoms with Crippen LogP contribution in [0.4, 0.5) is 4.79 Å². The van der Waals surface area contributed by atoms with Crippen LogP contribution in [0.1, 0.15) is 40.5 Å². The van der Waals surface area contributed by atoms with Crippen LogP contribution in [0.25, 0.3) is 0 Å². The number of hydrogen-bond donors (Lipinski definition) is 3. The van der Waals surface area contributed by atoms with Crippen LogP contribution in [0.15, 0.2) is 0 Å². The van der Waals surface area contributed by atoms with E-state index in [0.717, 1.165) is 6.42 Å². The lowest BCUT2D eigenvalue weighted by molar-refractivity contribution is -0.136. The van der Waals surface area contributed by atoms with E-state index in [2.05, 4.69) is 5.32 Å². The van der Waals surface area contributed by atoms with E-state index < -0.39 is 12.1 Å². The molecule has 0 spiro atoms. The third-order valence-corrected chi connectivity index (χ3v) is 3.24. The van der Waals surface area contributed by atoms with Gasteiger partial charge in [0.1, 0.15) is 6.04 Å². The van der Waals surface area contributed by atoms with Gasteiger partial charge in [0.05, 0.1) is 0 Å². The number of nitrogens with two attached hydrogens (primary N) is 1. The molecule has 0 bridgehead atoms. The molecule has 6 nitrogen and oxygen atoms in total. The number of nitrogens with zero attached hydrogens (tertiary/aromatic N) is 1. The summed E-state index contributed by atoms with van der Waals surface area (Å²) >= 11 is 0. The first-order valence-corrected chi connectivity index (χ1v) is 6.82. The molecule has 0 rings (SSSR count). The van der Waals surface area contributed by atoms with E-state index in [1.54, 1.807) is 4.90 Å². The molecule has 19 heavy (non-hydrogen) atoms. The number of nitrogens with one attached hydrogen (secondary N) is 1. The topological polar surface area (TPSA) is 95.7 Å². The maximum absolute atomic E-state index is 12.5. The highest BCUT2D eigenvalue weighted by atomic mass is 16.3. The summed E-state index contributed by atoms with van der Waals surface area (Å²) in [6.45, 7) is 8.19. The molecule has 2 atom stereocenters. The van der Waals surface area contributed by atoms with Crippen molar-refractivity contribution in [3.63, 3.8) is 0 Å². The average Bonchev–Trinajstić information content (AvgIpc) is 2.34. The van der Waals surface area contributed by atoms with E-state index in [1.165, 1.54) is 0 Å². The number of hydrogen-bond acceptors (Lipinski definition) is 3. The van der Waals surface area contributed by atoms with Crippen molar-refractivity contribution in [3.05, 3.63) is 0 Å². The fourth-order valence-corrected chi connectivity index (χ4v) is 1.88. The van der Waals surface area contributed by atoms with Gasteiger partial charge in [0.2, 0.25) is 5.91 Å². The summed E-state index contributed by atoms with van der Waals surface area (Å²) in [6.07, 6.45) is 1.29. The number of amides is 3. The molecule has 0 fully saturated rings. The number of carbonyl (C=O) groups excluding carboxylic acids is 2. The Morgan fingerprint density at radius 2 is 1.89 bits per heavy atom. The lowest BCUT2D eigenvalue weighted by Gasteiger charge is -2.33. The van der Waals surface area contributed by atoms with Gasteiger partial charge >= 0.3 is 6.03 Å². The zero-order chi connectivity index (χ0) is 15.0. The lowest BCUT2D eigenvalue weighted by Crippen LogP contribution is -2.54. The first kappa shape index (κ1) is 17.7. The van der Waals surface area contributed by atoms with Crippen molar-refractivity contribution in [2.45, 2.75) is 52.6 Å². The number of aliphatic hydroxyl groups excluding tert-OH is 1. The number of carbonyl (C=O) groups is 2. The van der Waals surface area contributed by atoms with Crippen molar-refractivity contribution >= 4 is 11.9 Å². The fraction of sp³-hybridized carbons (Fsp3) is 0.846. The third-order valence-electron chi connectivity index (χ3n) is 3.24. The fourth-order valence-electron chi connectivity index (χ4n) is 1.88. The second-order valence-corrected chi connectivity index (χ2v) is 5.07. The van der Waals surface area contributed by atoms with Gasteiger partial charge < -0.3 is 21.1 Å². The molecule has 3 amide bonds. The molecule has 0 saturated carbocycles. The molecular weight excluding hydrogens is 246 g/mol. The number of primary amides is 1. The minimum atomic E-state index is -0.690. The van der Waals surface area contributed by atoms with Gasteiger partial charge in [-0.15, -0.1) is 0 Å². The lowest BCUT2D eigenvalue weighted by atomic mass is 9.97. The molecule has 0 aromatic rings. The van der Waals surface area contributed by atoms with Gasteiger partial charge in [-0.2, -0.15) is 0 Å². The normalized spacial score (nSPS) is 14.0. The van der Waals surface area contributed by atoms with Crippen LogP contribution in [0.2, 0.25) is 0 Å². The Labute approximate surface area is 115 Å². The number of urea groups is 1. The SMILES string of the molecule is CCC(C)C(NC(N)=O)C(=O)N(CCCO)C(C)C. The van der Waals surface area contributed by atoms with Gasteiger partial charge in [0.15, 0.2) is 0 Å². The molecule has 0 aliphatic rings. The molecular formula is C13H27N3O3. The van der Waals surface area contributed by atoms with E-state index in [4.69, 9.17) is 10.8 Å². The summed E-state index contributed by atoms with van der Waals surface area (Å²) in [5.41, 5.74) is 5.14. The molecule has 112 valence electrons. The van der Waals surface area contributed by atoms with E-state index in [1.807, 2.05) is 27.7 Å². The van der Waals surface area contributed by atoms with Crippen LogP contribution < -0.4 is 11.1 Å². The molecule has 0 saturated heterocycles. The maximum atomic E-state index is 12.5. The summed E-state index contributed by atoms with van der Waals surface area (Å²) < 4.78 is 0. The zero-order valence-electron chi connectivity index (χ0n) is 12.3. The predicted molar refractivity (Wildman–Crippen MR) is 74.5 cm³/mol. The van der Waals surface area contributed by atoms with Crippen LogP contribution in [0, 0.1) is 5.92 Å². The van der Waals surface area contributed by atoms with Gasteiger partial charge in [-0.3, -0.25) is 4.79 Å². The first-order valence-electron chi connectivity index (χ1n) is 6.82.